The van der Waals surface area contributed by atoms with E-state index in [1.54, 1.807) is 6.92 Å². The molecule has 2 aliphatic rings. The molecular formula is C23H26F3N3O3. The van der Waals surface area contributed by atoms with Crippen LogP contribution in [-0.4, -0.2) is 44.6 Å². The van der Waals surface area contributed by atoms with Gasteiger partial charge in [0.2, 0.25) is 0 Å². The Morgan fingerprint density at radius 1 is 1.22 bits per heavy atom. The van der Waals surface area contributed by atoms with E-state index in [0.717, 1.165) is 35.9 Å². The lowest BCUT2D eigenvalue weighted by molar-refractivity contribution is -0.143. The second-order valence-electron chi connectivity index (χ2n) is 8.80. The SMILES string of the molecule is CC(Cc1ccc2c(c1)OC1(CC2)CCN(Cc2nccnc2C(F)(F)F)CC1)C(=O)O. The molecule has 1 fully saturated rings. The maximum absolute atomic E-state index is 13.2. The van der Waals surface area contributed by atoms with Gasteiger partial charge in [0, 0.05) is 32.0 Å². The number of nitrogens with zero attached hydrogens (tertiary/aromatic N) is 3. The van der Waals surface area contributed by atoms with Crippen molar-refractivity contribution in [3.05, 3.63) is 53.1 Å². The number of rotatable bonds is 5. The van der Waals surface area contributed by atoms with Crippen molar-refractivity contribution in [1.82, 2.24) is 14.9 Å². The van der Waals surface area contributed by atoms with E-state index in [4.69, 9.17) is 9.84 Å². The minimum atomic E-state index is -4.52. The van der Waals surface area contributed by atoms with Crippen LogP contribution in [-0.2, 0) is 30.4 Å². The van der Waals surface area contributed by atoms with Crippen molar-refractivity contribution in [1.29, 1.82) is 0 Å². The number of carboxylic acids is 1. The third-order valence-corrected chi connectivity index (χ3v) is 6.45. The zero-order valence-electron chi connectivity index (χ0n) is 17.9. The average Bonchev–Trinajstić information content (AvgIpc) is 2.75. The molecule has 32 heavy (non-hydrogen) atoms. The topological polar surface area (TPSA) is 75.5 Å². The fourth-order valence-electron chi connectivity index (χ4n) is 4.52. The summed E-state index contributed by atoms with van der Waals surface area (Å²) >= 11 is 0. The van der Waals surface area contributed by atoms with Gasteiger partial charge in [-0.2, -0.15) is 13.2 Å². The van der Waals surface area contributed by atoms with Crippen LogP contribution in [0.4, 0.5) is 13.2 Å². The molecule has 1 aromatic carbocycles. The van der Waals surface area contributed by atoms with Gasteiger partial charge in [0.25, 0.3) is 0 Å². The summed E-state index contributed by atoms with van der Waals surface area (Å²) in [5.74, 6) is -0.506. The van der Waals surface area contributed by atoms with Crippen molar-refractivity contribution in [2.45, 2.75) is 57.3 Å². The normalized spacial score (nSPS) is 19.2. The molecule has 6 nitrogen and oxygen atoms in total. The first kappa shape index (κ1) is 22.5. The van der Waals surface area contributed by atoms with Gasteiger partial charge in [0.05, 0.1) is 11.6 Å². The minimum absolute atomic E-state index is 0.0527. The predicted molar refractivity (Wildman–Crippen MR) is 110 cm³/mol. The maximum Gasteiger partial charge on any atom is 0.435 e. The minimum Gasteiger partial charge on any atom is -0.487 e. The van der Waals surface area contributed by atoms with E-state index in [9.17, 15) is 18.0 Å². The van der Waals surface area contributed by atoms with Crippen LogP contribution < -0.4 is 4.74 Å². The number of hydrogen-bond acceptors (Lipinski definition) is 5. The molecule has 1 atom stereocenters. The monoisotopic (exact) mass is 449 g/mol. The van der Waals surface area contributed by atoms with Crippen LogP contribution in [0.2, 0.25) is 0 Å². The lowest BCUT2D eigenvalue weighted by Crippen LogP contribution is -2.49. The third kappa shape index (κ3) is 4.87. The molecule has 2 aromatic rings. The van der Waals surface area contributed by atoms with E-state index < -0.39 is 23.8 Å². The average molecular weight is 449 g/mol. The number of carboxylic acid groups (broad SMARTS) is 1. The van der Waals surface area contributed by atoms with Crippen LogP contribution in [0.1, 0.15) is 48.7 Å². The van der Waals surface area contributed by atoms with E-state index in [2.05, 4.69) is 9.97 Å². The highest BCUT2D eigenvalue weighted by molar-refractivity contribution is 5.70. The van der Waals surface area contributed by atoms with Crippen molar-refractivity contribution in [3.63, 3.8) is 0 Å². The van der Waals surface area contributed by atoms with E-state index >= 15 is 0 Å². The lowest BCUT2D eigenvalue weighted by Gasteiger charge is -2.44. The summed E-state index contributed by atoms with van der Waals surface area (Å²) in [6, 6.07) is 5.91. The van der Waals surface area contributed by atoms with Gasteiger partial charge in [-0.25, -0.2) is 4.98 Å². The standard InChI is InChI=1S/C23H26F3N3O3/c1-15(21(30)31)12-16-2-3-17-4-5-22(32-19(17)13-16)6-10-29(11-7-22)14-18-20(23(24,25)26)28-9-8-27-18/h2-3,8-9,13,15H,4-7,10-12,14H2,1H3,(H,30,31). The summed E-state index contributed by atoms with van der Waals surface area (Å²) in [7, 11) is 0. The molecule has 9 heteroatoms. The first-order valence-electron chi connectivity index (χ1n) is 10.8. The molecule has 1 aromatic heterocycles. The number of fused-ring (bicyclic) bond motifs is 1. The molecule has 1 spiro atoms. The molecule has 1 N–H and O–H groups in total. The Labute approximate surface area is 184 Å². The maximum atomic E-state index is 13.2. The number of piperidine rings is 1. The summed E-state index contributed by atoms with van der Waals surface area (Å²) in [4.78, 5) is 20.5. The number of hydrogen-bond donors (Lipinski definition) is 1. The lowest BCUT2D eigenvalue weighted by atomic mass is 9.82. The van der Waals surface area contributed by atoms with E-state index in [-0.39, 0.29) is 17.8 Å². The highest BCUT2D eigenvalue weighted by atomic mass is 19.4. The van der Waals surface area contributed by atoms with Crippen molar-refractivity contribution in [3.8, 4) is 5.75 Å². The number of benzene rings is 1. The van der Waals surface area contributed by atoms with E-state index in [1.807, 2.05) is 23.1 Å². The summed E-state index contributed by atoms with van der Waals surface area (Å²) in [6.07, 6.45) is 1.42. The number of aliphatic carboxylic acids is 1. The largest absolute Gasteiger partial charge is 0.487 e. The number of aromatic nitrogens is 2. The van der Waals surface area contributed by atoms with Crippen LogP contribution in [0, 0.1) is 5.92 Å². The molecule has 1 saturated heterocycles. The Hall–Kier alpha value is -2.68. The molecule has 0 saturated carbocycles. The van der Waals surface area contributed by atoms with Gasteiger partial charge in [0.15, 0.2) is 5.69 Å². The Morgan fingerprint density at radius 3 is 2.62 bits per heavy atom. The second kappa shape index (κ2) is 8.69. The van der Waals surface area contributed by atoms with E-state index in [1.165, 1.54) is 6.20 Å². The molecule has 1 unspecified atom stereocenters. The van der Waals surface area contributed by atoms with Gasteiger partial charge < -0.3 is 9.84 Å². The summed E-state index contributed by atoms with van der Waals surface area (Å²) in [5, 5.41) is 9.17. The van der Waals surface area contributed by atoms with Crippen LogP contribution in [0.25, 0.3) is 0 Å². The summed E-state index contributed by atoms with van der Waals surface area (Å²) in [6.45, 7) is 3.01. The van der Waals surface area contributed by atoms with Gasteiger partial charge in [-0.3, -0.25) is 14.7 Å². The zero-order chi connectivity index (χ0) is 22.9. The number of ether oxygens (including phenoxy) is 1. The molecule has 3 heterocycles. The molecule has 2 aliphatic heterocycles. The van der Waals surface area contributed by atoms with Crippen LogP contribution in [0.3, 0.4) is 0 Å². The molecule has 4 rings (SSSR count). The molecule has 0 radical (unpaired) electrons. The molecular weight excluding hydrogens is 423 g/mol. The number of carbonyl (C=O) groups is 1. The van der Waals surface area contributed by atoms with Gasteiger partial charge in [0.1, 0.15) is 11.4 Å². The quantitative estimate of drug-likeness (QED) is 0.740. The number of aryl methyl sites for hydroxylation is 1. The fourth-order valence-corrected chi connectivity index (χ4v) is 4.52. The number of likely N-dealkylation sites (tertiary alicyclic amines) is 1. The van der Waals surface area contributed by atoms with Crippen molar-refractivity contribution >= 4 is 5.97 Å². The van der Waals surface area contributed by atoms with Gasteiger partial charge >= 0.3 is 12.1 Å². The molecule has 0 aliphatic carbocycles. The Bertz CT molecular complexity index is 988. The van der Waals surface area contributed by atoms with Crippen LogP contribution in [0.15, 0.2) is 30.6 Å². The van der Waals surface area contributed by atoms with Crippen molar-refractivity contribution in [2.24, 2.45) is 5.92 Å². The fraction of sp³-hybridized carbons (Fsp3) is 0.522. The first-order valence-corrected chi connectivity index (χ1v) is 10.8. The molecule has 0 bridgehead atoms. The van der Waals surface area contributed by atoms with E-state index in [0.29, 0.717) is 32.4 Å². The van der Waals surface area contributed by atoms with Gasteiger partial charge in [-0.1, -0.05) is 19.1 Å². The van der Waals surface area contributed by atoms with Crippen molar-refractivity contribution < 1.29 is 27.8 Å². The Balaban J connectivity index is 1.41. The Kier molecular flexibility index (Phi) is 6.11. The Morgan fingerprint density at radius 2 is 1.94 bits per heavy atom. The van der Waals surface area contributed by atoms with Crippen LogP contribution in [0.5, 0.6) is 5.75 Å². The van der Waals surface area contributed by atoms with Gasteiger partial charge in [-0.05, 0) is 49.3 Å². The van der Waals surface area contributed by atoms with Crippen molar-refractivity contribution in [2.75, 3.05) is 13.1 Å². The highest BCUT2D eigenvalue weighted by Gasteiger charge is 2.41. The predicted octanol–water partition coefficient (Wildman–Crippen LogP) is 4.12. The van der Waals surface area contributed by atoms with Gasteiger partial charge in [-0.15, -0.1) is 0 Å². The highest BCUT2D eigenvalue weighted by Crippen LogP contribution is 2.40. The van der Waals surface area contributed by atoms with Crippen LogP contribution >= 0.6 is 0 Å². The third-order valence-electron chi connectivity index (χ3n) is 6.45. The molecule has 172 valence electrons. The second-order valence-corrected chi connectivity index (χ2v) is 8.80. The first-order chi connectivity index (χ1) is 15.2. The number of alkyl halides is 3. The molecule has 0 amide bonds. The zero-order valence-corrected chi connectivity index (χ0v) is 17.9. The summed E-state index contributed by atoms with van der Waals surface area (Å²) < 4.78 is 46.1. The number of halogens is 3. The summed E-state index contributed by atoms with van der Waals surface area (Å²) in [5.41, 5.74) is 0.722. The smallest absolute Gasteiger partial charge is 0.435 e.